The third-order valence-corrected chi connectivity index (χ3v) is 6.25. The van der Waals surface area contributed by atoms with Gasteiger partial charge in [-0.05, 0) is 53.4 Å². The molecule has 3 aromatic carbocycles. The van der Waals surface area contributed by atoms with Crippen LogP contribution in [0.4, 0.5) is 5.69 Å². The van der Waals surface area contributed by atoms with Crippen molar-refractivity contribution in [3.05, 3.63) is 95.6 Å². The van der Waals surface area contributed by atoms with Crippen LogP contribution in [0.15, 0.2) is 83.8 Å². The smallest absolute Gasteiger partial charge is 0.261 e. The van der Waals surface area contributed by atoms with Crippen molar-refractivity contribution in [3.8, 4) is 0 Å². The van der Waals surface area contributed by atoms with E-state index >= 15 is 0 Å². The molecule has 0 heterocycles. The van der Waals surface area contributed by atoms with Crippen LogP contribution in [0, 0.1) is 0 Å². The van der Waals surface area contributed by atoms with Crippen molar-refractivity contribution >= 4 is 21.6 Å². The Bertz CT molecular complexity index is 1090. The summed E-state index contributed by atoms with van der Waals surface area (Å²) in [6, 6.07) is 22.9. The molecule has 3 rings (SSSR count). The molecule has 0 aliphatic rings. The second-order valence-electron chi connectivity index (χ2n) is 7.55. The molecule has 1 amide bonds. The van der Waals surface area contributed by atoms with Crippen molar-refractivity contribution in [2.75, 3.05) is 11.8 Å². The molecule has 0 radical (unpaired) electrons. The van der Waals surface area contributed by atoms with Gasteiger partial charge in [-0.2, -0.15) is 0 Å². The molecule has 0 fully saturated rings. The summed E-state index contributed by atoms with van der Waals surface area (Å²) in [5.41, 5.74) is 3.23. The molecule has 156 valence electrons. The molecule has 0 saturated carbocycles. The van der Waals surface area contributed by atoms with Gasteiger partial charge in [-0.3, -0.25) is 9.52 Å². The fourth-order valence-corrected chi connectivity index (χ4v) is 4.15. The minimum atomic E-state index is -3.66. The molecular weight excluding hydrogens is 396 g/mol. The lowest BCUT2D eigenvalue weighted by atomic mass is 10.0. The molecule has 0 spiro atoms. The van der Waals surface area contributed by atoms with Gasteiger partial charge in [0.05, 0.1) is 4.90 Å². The highest BCUT2D eigenvalue weighted by Gasteiger charge is 2.15. The third-order valence-electron chi connectivity index (χ3n) is 4.85. The molecule has 30 heavy (non-hydrogen) atoms. The molecule has 1 N–H and O–H groups in total. The Hall–Kier alpha value is -3.12. The maximum absolute atomic E-state index is 12.7. The number of sulfonamides is 1. The van der Waals surface area contributed by atoms with Crippen molar-refractivity contribution < 1.29 is 13.2 Å². The zero-order valence-electron chi connectivity index (χ0n) is 17.4. The fraction of sp³-hybridized carbons (Fsp3) is 0.208. The number of hydrogen-bond acceptors (Lipinski definition) is 3. The molecule has 0 aliphatic heterocycles. The van der Waals surface area contributed by atoms with Gasteiger partial charge < -0.3 is 4.90 Å². The number of nitrogens with zero attached hydrogens (tertiary/aromatic N) is 1. The van der Waals surface area contributed by atoms with E-state index in [0.29, 0.717) is 23.7 Å². The number of anilines is 1. The SMILES string of the molecule is CC(C)c1ccc(CN(C)C(=O)c2ccc(NS(=O)(=O)c3ccccc3)cc2)cc1. The quantitative estimate of drug-likeness (QED) is 0.590. The van der Waals surface area contributed by atoms with E-state index in [1.807, 2.05) is 12.1 Å². The summed E-state index contributed by atoms with van der Waals surface area (Å²) < 4.78 is 27.4. The monoisotopic (exact) mass is 422 g/mol. The number of hydrogen-bond donors (Lipinski definition) is 1. The van der Waals surface area contributed by atoms with Crippen LogP contribution in [-0.2, 0) is 16.6 Å². The number of carbonyl (C=O) groups excluding carboxylic acids is 1. The van der Waals surface area contributed by atoms with E-state index in [4.69, 9.17) is 0 Å². The molecule has 6 heteroatoms. The van der Waals surface area contributed by atoms with E-state index in [-0.39, 0.29) is 10.8 Å². The standard InChI is InChI=1S/C24H26N2O3S/c1-18(2)20-11-9-19(10-12-20)17-26(3)24(27)21-13-15-22(16-14-21)25-30(28,29)23-7-5-4-6-8-23/h4-16,18,25H,17H2,1-3H3. The second kappa shape index (κ2) is 9.13. The largest absolute Gasteiger partial charge is 0.337 e. The second-order valence-corrected chi connectivity index (χ2v) is 9.24. The zero-order chi connectivity index (χ0) is 21.7. The molecule has 0 atom stereocenters. The van der Waals surface area contributed by atoms with Gasteiger partial charge >= 0.3 is 0 Å². The maximum Gasteiger partial charge on any atom is 0.261 e. The molecule has 0 unspecified atom stereocenters. The fourth-order valence-electron chi connectivity index (χ4n) is 3.07. The van der Waals surface area contributed by atoms with E-state index in [1.165, 1.54) is 17.7 Å². The predicted molar refractivity (Wildman–Crippen MR) is 120 cm³/mol. The van der Waals surface area contributed by atoms with Gasteiger partial charge in [0.15, 0.2) is 0 Å². The van der Waals surface area contributed by atoms with Crippen molar-refractivity contribution in [1.82, 2.24) is 4.90 Å². The van der Waals surface area contributed by atoms with Crippen molar-refractivity contribution in [2.45, 2.75) is 31.2 Å². The van der Waals surface area contributed by atoms with Crippen molar-refractivity contribution in [3.63, 3.8) is 0 Å². The summed E-state index contributed by atoms with van der Waals surface area (Å²) >= 11 is 0. The molecule has 5 nitrogen and oxygen atoms in total. The van der Waals surface area contributed by atoms with E-state index < -0.39 is 10.0 Å². The Labute approximate surface area is 178 Å². The third kappa shape index (κ3) is 5.27. The molecule has 0 bridgehead atoms. The number of carbonyl (C=O) groups is 1. The van der Waals surface area contributed by atoms with E-state index in [2.05, 4.69) is 30.7 Å². The van der Waals surface area contributed by atoms with Crippen LogP contribution in [0.5, 0.6) is 0 Å². The summed E-state index contributed by atoms with van der Waals surface area (Å²) in [6.07, 6.45) is 0. The van der Waals surface area contributed by atoms with Gasteiger partial charge in [-0.1, -0.05) is 56.3 Å². The first-order chi connectivity index (χ1) is 14.3. The summed E-state index contributed by atoms with van der Waals surface area (Å²) in [5, 5.41) is 0. The molecular formula is C24H26N2O3S. The van der Waals surface area contributed by atoms with Gasteiger partial charge in [0.2, 0.25) is 0 Å². The summed E-state index contributed by atoms with van der Waals surface area (Å²) in [6.45, 7) is 4.79. The average molecular weight is 423 g/mol. The van der Waals surface area contributed by atoms with Crippen molar-refractivity contribution in [2.24, 2.45) is 0 Å². The zero-order valence-corrected chi connectivity index (χ0v) is 18.2. The normalized spacial score (nSPS) is 11.3. The van der Waals surface area contributed by atoms with E-state index in [0.717, 1.165) is 5.56 Å². The number of nitrogens with one attached hydrogen (secondary N) is 1. The van der Waals surface area contributed by atoms with Crippen molar-refractivity contribution in [1.29, 1.82) is 0 Å². The van der Waals surface area contributed by atoms with Crippen LogP contribution in [0.25, 0.3) is 0 Å². The highest BCUT2D eigenvalue weighted by atomic mass is 32.2. The van der Waals surface area contributed by atoms with Crippen LogP contribution in [-0.4, -0.2) is 26.3 Å². The van der Waals surface area contributed by atoms with Crippen LogP contribution >= 0.6 is 0 Å². The first-order valence-electron chi connectivity index (χ1n) is 9.78. The number of rotatable bonds is 7. The molecule has 0 aromatic heterocycles. The van der Waals surface area contributed by atoms with Crippen LogP contribution in [0.3, 0.4) is 0 Å². The van der Waals surface area contributed by atoms with Crippen LogP contribution < -0.4 is 4.72 Å². The van der Waals surface area contributed by atoms with Gasteiger partial charge in [0.25, 0.3) is 15.9 Å². The average Bonchev–Trinajstić information content (AvgIpc) is 2.74. The van der Waals surface area contributed by atoms with Gasteiger partial charge in [0.1, 0.15) is 0 Å². The lowest BCUT2D eigenvalue weighted by molar-refractivity contribution is 0.0785. The molecule has 0 saturated heterocycles. The molecule has 0 aliphatic carbocycles. The van der Waals surface area contributed by atoms with Gasteiger partial charge in [0, 0.05) is 24.8 Å². The highest BCUT2D eigenvalue weighted by Crippen LogP contribution is 2.18. The minimum absolute atomic E-state index is 0.125. The Morgan fingerprint density at radius 1 is 0.900 bits per heavy atom. The Kier molecular flexibility index (Phi) is 6.57. The minimum Gasteiger partial charge on any atom is -0.337 e. The van der Waals surface area contributed by atoms with Crippen LogP contribution in [0.2, 0.25) is 0 Å². The van der Waals surface area contributed by atoms with Gasteiger partial charge in [-0.25, -0.2) is 8.42 Å². The Balaban J connectivity index is 1.65. The first kappa shape index (κ1) is 21.6. The Morgan fingerprint density at radius 3 is 2.07 bits per heavy atom. The summed E-state index contributed by atoms with van der Waals surface area (Å²) in [4.78, 5) is 14.6. The van der Waals surface area contributed by atoms with Crippen LogP contribution in [0.1, 0.15) is 41.3 Å². The predicted octanol–water partition coefficient (Wildman–Crippen LogP) is 4.88. The number of amides is 1. The first-order valence-corrected chi connectivity index (χ1v) is 11.3. The molecule has 3 aromatic rings. The van der Waals surface area contributed by atoms with E-state index in [9.17, 15) is 13.2 Å². The summed E-state index contributed by atoms with van der Waals surface area (Å²) in [5.74, 6) is 0.344. The highest BCUT2D eigenvalue weighted by molar-refractivity contribution is 7.92. The van der Waals surface area contributed by atoms with E-state index in [1.54, 1.807) is 54.4 Å². The Morgan fingerprint density at radius 2 is 1.50 bits per heavy atom. The summed E-state index contributed by atoms with van der Waals surface area (Å²) in [7, 11) is -1.90. The number of benzene rings is 3. The maximum atomic E-state index is 12.7. The lowest BCUT2D eigenvalue weighted by Crippen LogP contribution is -2.26. The van der Waals surface area contributed by atoms with Gasteiger partial charge in [-0.15, -0.1) is 0 Å². The lowest BCUT2D eigenvalue weighted by Gasteiger charge is -2.18. The topological polar surface area (TPSA) is 66.5 Å².